The summed E-state index contributed by atoms with van der Waals surface area (Å²) in [5.41, 5.74) is -2.99. The summed E-state index contributed by atoms with van der Waals surface area (Å²) in [6.07, 6.45) is -5.87. The van der Waals surface area contributed by atoms with Crippen molar-refractivity contribution in [1.82, 2.24) is 9.97 Å². The fraction of sp³-hybridized carbons (Fsp3) is 0.476. The molecule has 0 radical (unpaired) electrons. The SMILES string of the molecule is COc1c([C@H]2[C@H](C(=O)Nc3cnc([C@@H](O)CO)nc3)O[C@@](C)(C(F)(F)F)[C@H]2C)ccc(F)c1F. The molecule has 0 unspecified atom stereocenters. The fourth-order valence-electron chi connectivity index (χ4n) is 3.91. The normalized spacial score (nSPS) is 25.8. The Morgan fingerprint density at radius 2 is 1.91 bits per heavy atom. The topological polar surface area (TPSA) is 114 Å². The van der Waals surface area contributed by atoms with E-state index in [4.69, 9.17) is 14.6 Å². The summed E-state index contributed by atoms with van der Waals surface area (Å²) in [6, 6.07) is 1.79. The highest BCUT2D eigenvalue weighted by Crippen LogP contribution is 2.54. The van der Waals surface area contributed by atoms with Gasteiger partial charge in [-0.1, -0.05) is 13.0 Å². The Bertz CT molecular complexity index is 1050. The number of aliphatic hydroxyl groups excluding tert-OH is 2. The summed E-state index contributed by atoms with van der Waals surface area (Å²) in [6.45, 7) is 1.33. The molecule has 0 aliphatic carbocycles. The molecule has 1 saturated heterocycles. The van der Waals surface area contributed by atoms with Gasteiger partial charge in [0.1, 0.15) is 12.2 Å². The van der Waals surface area contributed by atoms with Crippen molar-refractivity contribution in [2.45, 2.75) is 43.8 Å². The Kier molecular flexibility index (Phi) is 7.10. The number of nitrogens with zero attached hydrogens (tertiary/aromatic N) is 2. The van der Waals surface area contributed by atoms with Crippen molar-refractivity contribution in [3.8, 4) is 5.75 Å². The Morgan fingerprint density at radius 1 is 1.29 bits per heavy atom. The Balaban J connectivity index is 2.01. The lowest BCUT2D eigenvalue weighted by molar-refractivity contribution is -0.272. The van der Waals surface area contributed by atoms with Gasteiger partial charge in [0, 0.05) is 17.4 Å². The second-order valence-corrected chi connectivity index (χ2v) is 7.96. The number of nitrogens with one attached hydrogen (secondary N) is 1. The van der Waals surface area contributed by atoms with Gasteiger partial charge in [-0.15, -0.1) is 0 Å². The number of aliphatic hydroxyl groups is 2. The van der Waals surface area contributed by atoms with Crippen LogP contribution < -0.4 is 10.1 Å². The van der Waals surface area contributed by atoms with Gasteiger partial charge in [0.25, 0.3) is 5.91 Å². The predicted octanol–water partition coefficient (Wildman–Crippen LogP) is 2.87. The molecule has 34 heavy (non-hydrogen) atoms. The van der Waals surface area contributed by atoms with E-state index in [-0.39, 0.29) is 17.1 Å². The van der Waals surface area contributed by atoms with Crippen molar-refractivity contribution >= 4 is 11.6 Å². The molecular formula is C21H22F5N3O5. The minimum absolute atomic E-state index is 0.0354. The number of carbonyl (C=O) groups excluding carboxylic acids is 1. The average molecular weight is 491 g/mol. The number of carbonyl (C=O) groups is 1. The number of halogens is 5. The van der Waals surface area contributed by atoms with Crippen LogP contribution >= 0.6 is 0 Å². The van der Waals surface area contributed by atoms with Crippen LogP contribution in [0.25, 0.3) is 0 Å². The van der Waals surface area contributed by atoms with Crippen LogP contribution in [-0.4, -0.2) is 57.7 Å². The van der Waals surface area contributed by atoms with Gasteiger partial charge >= 0.3 is 6.18 Å². The van der Waals surface area contributed by atoms with E-state index in [0.717, 1.165) is 38.6 Å². The first-order chi connectivity index (χ1) is 15.9. The van der Waals surface area contributed by atoms with E-state index in [2.05, 4.69) is 15.3 Å². The number of aromatic nitrogens is 2. The van der Waals surface area contributed by atoms with E-state index >= 15 is 0 Å². The van der Waals surface area contributed by atoms with E-state index in [1.54, 1.807) is 0 Å². The molecule has 186 valence electrons. The maximum atomic E-state index is 14.4. The number of benzene rings is 1. The smallest absolute Gasteiger partial charge is 0.417 e. The standard InChI is InChI=1S/C21H22F5N3O5/c1-9-14(11-4-5-12(22)15(23)16(11)33-3)17(34-20(9,2)21(24,25)26)19(32)29-10-6-27-18(28-7-10)13(31)8-30/h4-7,9,13-14,17,30-31H,8H2,1-3H3,(H,29,32)/t9-,13-,14-,17+,20+/m0/s1. The maximum absolute atomic E-state index is 14.4. The van der Waals surface area contributed by atoms with Crippen molar-refractivity contribution in [1.29, 1.82) is 0 Å². The van der Waals surface area contributed by atoms with E-state index in [0.29, 0.717) is 0 Å². The second-order valence-electron chi connectivity index (χ2n) is 7.96. The minimum atomic E-state index is -4.89. The molecule has 2 heterocycles. The zero-order valence-electron chi connectivity index (χ0n) is 18.2. The first kappa shape index (κ1) is 25.7. The molecule has 3 N–H and O–H groups in total. The van der Waals surface area contributed by atoms with Gasteiger partial charge in [-0.2, -0.15) is 17.6 Å². The van der Waals surface area contributed by atoms with E-state index in [9.17, 15) is 31.9 Å². The number of anilines is 1. The van der Waals surface area contributed by atoms with Crippen molar-refractivity contribution < 1.29 is 46.4 Å². The van der Waals surface area contributed by atoms with Crippen LogP contribution in [0.3, 0.4) is 0 Å². The van der Waals surface area contributed by atoms with Gasteiger partial charge < -0.3 is 25.0 Å². The lowest BCUT2D eigenvalue weighted by atomic mass is 9.77. The molecule has 1 aromatic carbocycles. The number of rotatable bonds is 6. The second kappa shape index (κ2) is 9.39. The number of hydrogen-bond acceptors (Lipinski definition) is 7. The van der Waals surface area contributed by atoms with Crippen molar-refractivity contribution in [3.63, 3.8) is 0 Å². The molecule has 8 nitrogen and oxygen atoms in total. The quantitative estimate of drug-likeness (QED) is 0.533. The molecular weight excluding hydrogens is 469 g/mol. The van der Waals surface area contributed by atoms with Crippen molar-refractivity contribution in [2.75, 3.05) is 19.0 Å². The number of ether oxygens (including phenoxy) is 2. The van der Waals surface area contributed by atoms with Gasteiger partial charge in [0.15, 0.2) is 23.0 Å². The lowest BCUT2D eigenvalue weighted by Gasteiger charge is -2.32. The van der Waals surface area contributed by atoms with Crippen LogP contribution in [0.2, 0.25) is 0 Å². The molecule has 1 aliphatic rings. The van der Waals surface area contributed by atoms with Crippen LogP contribution in [0.1, 0.15) is 37.3 Å². The predicted molar refractivity (Wildman–Crippen MR) is 107 cm³/mol. The summed E-state index contributed by atoms with van der Waals surface area (Å²) < 4.78 is 80.1. The summed E-state index contributed by atoms with van der Waals surface area (Å²) in [4.78, 5) is 20.6. The summed E-state index contributed by atoms with van der Waals surface area (Å²) in [5.74, 6) is -7.23. The van der Waals surface area contributed by atoms with Crippen LogP contribution in [0, 0.1) is 17.6 Å². The average Bonchev–Trinajstić information content (AvgIpc) is 3.07. The van der Waals surface area contributed by atoms with Crippen LogP contribution in [-0.2, 0) is 9.53 Å². The molecule has 0 spiro atoms. The van der Waals surface area contributed by atoms with Crippen LogP contribution in [0.5, 0.6) is 5.75 Å². The monoisotopic (exact) mass is 491 g/mol. The zero-order valence-corrected chi connectivity index (χ0v) is 18.2. The van der Waals surface area contributed by atoms with Gasteiger partial charge in [0.05, 0.1) is 31.8 Å². The van der Waals surface area contributed by atoms with E-state index < -0.39 is 65.7 Å². The highest BCUT2D eigenvalue weighted by molar-refractivity contribution is 5.95. The summed E-state index contributed by atoms with van der Waals surface area (Å²) in [5, 5.41) is 20.8. The highest BCUT2D eigenvalue weighted by atomic mass is 19.4. The van der Waals surface area contributed by atoms with E-state index in [1.165, 1.54) is 6.92 Å². The van der Waals surface area contributed by atoms with Crippen LogP contribution in [0.4, 0.5) is 27.6 Å². The molecule has 1 fully saturated rings. The molecule has 0 saturated carbocycles. The largest absolute Gasteiger partial charge is 0.493 e. The van der Waals surface area contributed by atoms with Gasteiger partial charge in [-0.3, -0.25) is 4.79 Å². The number of alkyl halides is 3. The first-order valence-corrected chi connectivity index (χ1v) is 10.0. The lowest BCUT2D eigenvalue weighted by Crippen LogP contribution is -2.47. The van der Waals surface area contributed by atoms with Crippen molar-refractivity contribution in [3.05, 3.63) is 47.5 Å². The third kappa shape index (κ3) is 4.42. The van der Waals surface area contributed by atoms with E-state index in [1.807, 2.05) is 0 Å². The van der Waals surface area contributed by atoms with Crippen molar-refractivity contribution in [2.24, 2.45) is 5.92 Å². The van der Waals surface area contributed by atoms with Gasteiger partial charge in [-0.05, 0) is 13.0 Å². The Hall–Kier alpha value is -2.90. The van der Waals surface area contributed by atoms with Gasteiger partial charge in [0.2, 0.25) is 5.82 Å². The third-order valence-electron chi connectivity index (χ3n) is 5.98. The molecule has 3 rings (SSSR count). The minimum Gasteiger partial charge on any atom is -0.493 e. The maximum Gasteiger partial charge on any atom is 0.417 e. The molecule has 13 heteroatoms. The fourth-order valence-corrected chi connectivity index (χ4v) is 3.91. The molecule has 5 atom stereocenters. The summed E-state index contributed by atoms with van der Waals surface area (Å²) >= 11 is 0. The molecule has 1 amide bonds. The number of hydrogen-bond donors (Lipinski definition) is 3. The first-order valence-electron chi connectivity index (χ1n) is 10.0. The molecule has 2 aromatic rings. The highest BCUT2D eigenvalue weighted by Gasteiger charge is 2.65. The molecule has 1 aromatic heterocycles. The molecule has 0 bridgehead atoms. The molecule has 1 aliphatic heterocycles. The number of amides is 1. The Morgan fingerprint density at radius 3 is 2.44 bits per heavy atom. The van der Waals surface area contributed by atoms with Crippen LogP contribution in [0.15, 0.2) is 24.5 Å². The Labute approximate surface area is 190 Å². The van der Waals surface area contributed by atoms with Gasteiger partial charge in [-0.25, -0.2) is 14.4 Å². The zero-order chi connectivity index (χ0) is 25.4. The summed E-state index contributed by atoms with van der Waals surface area (Å²) in [7, 11) is 1.03. The number of methoxy groups -OCH3 is 1. The third-order valence-corrected chi connectivity index (χ3v) is 5.98.